The molecule has 0 bridgehead atoms. The summed E-state index contributed by atoms with van der Waals surface area (Å²) in [5, 5.41) is 0. The van der Waals surface area contributed by atoms with Crippen LogP contribution in [0.25, 0.3) is 0 Å². The Hall–Kier alpha value is -0.0800. The number of ether oxygens (including phenoxy) is 2. The first-order chi connectivity index (χ1) is 11.3. The lowest BCUT2D eigenvalue weighted by molar-refractivity contribution is 0.0230. The zero-order chi connectivity index (χ0) is 15.8. The van der Waals surface area contributed by atoms with Crippen LogP contribution in [0.2, 0.25) is 0 Å². The molecule has 132 valence electrons. The average molecular weight is 321 g/mol. The summed E-state index contributed by atoms with van der Waals surface area (Å²) in [4.78, 5) is 0. The molecule has 0 radical (unpaired) electrons. The molecule has 0 aromatic carbocycles. The summed E-state index contributed by atoms with van der Waals surface area (Å²) in [6.45, 7) is 5.39. The third kappa shape index (κ3) is 3.49. The largest absolute Gasteiger partial charge is 0.376 e. The first-order valence-electron chi connectivity index (χ1n) is 10.5. The molecule has 4 rings (SSSR count). The van der Waals surface area contributed by atoms with E-state index in [4.69, 9.17) is 9.47 Å². The minimum Gasteiger partial charge on any atom is -0.376 e. The molecule has 0 aromatic rings. The molecule has 0 N–H and O–H groups in total. The van der Waals surface area contributed by atoms with Crippen LogP contribution in [0.4, 0.5) is 0 Å². The Labute approximate surface area is 142 Å². The summed E-state index contributed by atoms with van der Waals surface area (Å²) in [5.41, 5.74) is 0. The third-order valence-electron chi connectivity index (χ3n) is 7.66. The highest BCUT2D eigenvalue weighted by Gasteiger charge is 2.55. The minimum atomic E-state index is 0.404. The molecule has 0 spiro atoms. The van der Waals surface area contributed by atoms with E-state index in [2.05, 4.69) is 13.8 Å². The molecule has 0 amide bonds. The van der Waals surface area contributed by atoms with Gasteiger partial charge < -0.3 is 9.47 Å². The Morgan fingerprint density at radius 3 is 2.00 bits per heavy atom. The van der Waals surface area contributed by atoms with Gasteiger partial charge in [-0.25, -0.2) is 0 Å². The van der Waals surface area contributed by atoms with Crippen molar-refractivity contribution in [2.24, 2.45) is 29.6 Å². The molecule has 4 fully saturated rings. The van der Waals surface area contributed by atoms with Crippen LogP contribution in [0.1, 0.15) is 78.1 Å². The first-order valence-corrected chi connectivity index (χ1v) is 10.5. The number of rotatable bonds is 4. The normalized spacial score (nSPS) is 50.3. The number of fused-ring (bicyclic) bond motifs is 1. The van der Waals surface area contributed by atoms with Crippen LogP contribution in [-0.4, -0.2) is 24.9 Å². The summed E-state index contributed by atoms with van der Waals surface area (Å²) in [6, 6.07) is 0. The van der Waals surface area contributed by atoms with Gasteiger partial charge >= 0.3 is 0 Å². The fourth-order valence-electron chi connectivity index (χ4n) is 6.16. The first kappa shape index (κ1) is 16.4. The fourth-order valence-corrected chi connectivity index (χ4v) is 6.16. The van der Waals surface area contributed by atoms with E-state index in [0.29, 0.717) is 18.3 Å². The number of epoxide rings is 1. The molecule has 2 nitrogen and oxygen atoms in total. The van der Waals surface area contributed by atoms with E-state index in [1.165, 1.54) is 64.2 Å². The van der Waals surface area contributed by atoms with Gasteiger partial charge in [-0.05, 0) is 87.9 Å². The van der Waals surface area contributed by atoms with E-state index in [9.17, 15) is 0 Å². The highest BCUT2D eigenvalue weighted by Crippen LogP contribution is 2.50. The molecule has 4 aliphatic rings. The third-order valence-corrected chi connectivity index (χ3v) is 7.66. The highest BCUT2D eigenvalue weighted by atomic mass is 16.6. The molecule has 1 heterocycles. The minimum absolute atomic E-state index is 0.404. The van der Waals surface area contributed by atoms with Gasteiger partial charge in [0.1, 0.15) is 6.10 Å². The van der Waals surface area contributed by atoms with Crippen molar-refractivity contribution in [3.8, 4) is 0 Å². The van der Waals surface area contributed by atoms with Gasteiger partial charge in [-0.15, -0.1) is 0 Å². The lowest BCUT2D eigenvalue weighted by Crippen LogP contribution is -2.36. The van der Waals surface area contributed by atoms with Crippen LogP contribution in [0.15, 0.2) is 0 Å². The van der Waals surface area contributed by atoms with Gasteiger partial charge in [-0.1, -0.05) is 19.8 Å². The number of hydrogen-bond acceptors (Lipinski definition) is 2. The monoisotopic (exact) mass is 320 g/mol. The van der Waals surface area contributed by atoms with E-state index in [1.807, 2.05) is 0 Å². The maximum absolute atomic E-state index is 6.04. The highest BCUT2D eigenvalue weighted by molar-refractivity contribution is 5.02. The van der Waals surface area contributed by atoms with Crippen LogP contribution in [-0.2, 0) is 9.47 Å². The quantitative estimate of drug-likeness (QED) is 0.664. The van der Waals surface area contributed by atoms with Gasteiger partial charge in [0.25, 0.3) is 0 Å². The second kappa shape index (κ2) is 7.04. The van der Waals surface area contributed by atoms with Crippen molar-refractivity contribution in [2.75, 3.05) is 6.61 Å². The smallest absolute Gasteiger partial charge is 0.111 e. The summed E-state index contributed by atoms with van der Waals surface area (Å²) in [7, 11) is 0. The van der Waals surface area contributed by atoms with Crippen molar-refractivity contribution in [1.29, 1.82) is 0 Å². The van der Waals surface area contributed by atoms with Gasteiger partial charge in [-0.2, -0.15) is 0 Å². The summed E-state index contributed by atoms with van der Waals surface area (Å²) in [6.07, 6.45) is 16.0. The molecule has 2 heteroatoms. The second-order valence-electron chi connectivity index (χ2n) is 9.00. The van der Waals surface area contributed by atoms with Gasteiger partial charge in [-0.3, -0.25) is 0 Å². The summed E-state index contributed by atoms with van der Waals surface area (Å²) in [5.74, 6) is 4.91. The van der Waals surface area contributed by atoms with Crippen molar-refractivity contribution in [3.63, 3.8) is 0 Å². The topological polar surface area (TPSA) is 21.8 Å². The Morgan fingerprint density at radius 1 is 0.739 bits per heavy atom. The zero-order valence-electron chi connectivity index (χ0n) is 15.2. The summed E-state index contributed by atoms with van der Waals surface area (Å²) < 4.78 is 11.9. The predicted molar refractivity (Wildman–Crippen MR) is 93.4 cm³/mol. The Balaban J connectivity index is 1.25. The van der Waals surface area contributed by atoms with E-state index in [1.54, 1.807) is 0 Å². The maximum Gasteiger partial charge on any atom is 0.111 e. The van der Waals surface area contributed by atoms with E-state index in [0.717, 1.165) is 36.2 Å². The lowest BCUT2D eigenvalue weighted by atomic mass is 9.65. The van der Waals surface area contributed by atoms with Crippen molar-refractivity contribution in [2.45, 2.75) is 96.4 Å². The SMILES string of the molecule is CCOC1CCC(C2CCC(C3CCC(C)CC3)CC2)C2OC12. The molecule has 1 aliphatic heterocycles. The fraction of sp³-hybridized carbons (Fsp3) is 1.00. The molecule has 4 atom stereocenters. The summed E-state index contributed by atoms with van der Waals surface area (Å²) >= 11 is 0. The second-order valence-corrected chi connectivity index (χ2v) is 9.00. The molecular weight excluding hydrogens is 284 g/mol. The van der Waals surface area contributed by atoms with Gasteiger partial charge in [0, 0.05) is 6.61 Å². The number of hydrogen-bond donors (Lipinski definition) is 0. The van der Waals surface area contributed by atoms with Crippen LogP contribution < -0.4 is 0 Å². The van der Waals surface area contributed by atoms with Crippen molar-refractivity contribution in [3.05, 3.63) is 0 Å². The van der Waals surface area contributed by atoms with E-state index >= 15 is 0 Å². The van der Waals surface area contributed by atoms with Gasteiger partial charge in [0.05, 0.1) is 12.2 Å². The lowest BCUT2D eigenvalue weighted by Gasteiger charge is -2.40. The molecule has 1 saturated heterocycles. The Kier molecular flexibility index (Phi) is 5.02. The maximum atomic E-state index is 6.04. The van der Waals surface area contributed by atoms with Gasteiger partial charge in [0.15, 0.2) is 0 Å². The van der Waals surface area contributed by atoms with Crippen LogP contribution in [0, 0.1) is 29.6 Å². The molecule has 3 saturated carbocycles. The predicted octanol–water partition coefficient (Wildman–Crippen LogP) is 5.20. The van der Waals surface area contributed by atoms with Gasteiger partial charge in [0.2, 0.25) is 0 Å². The molecule has 23 heavy (non-hydrogen) atoms. The standard InChI is InChI=1S/C21H36O2/c1-3-22-19-13-12-18(20-21(19)23-20)17-10-8-16(9-11-17)15-6-4-14(2)5-7-15/h14-21H,3-13H2,1-2H3. The van der Waals surface area contributed by atoms with Crippen LogP contribution in [0.5, 0.6) is 0 Å². The van der Waals surface area contributed by atoms with E-state index in [-0.39, 0.29) is 0 Å². The molecule has 3 aliphatic carbocycles. The molecular formula is C21H36O2. The zero-order valence-corrected chi connectivity index (χ0v) is 15.2. The average Bonchev–Trinajstić information content (AvgIpc) is 3.37. The van der Waals surface area contributed by atoms with Crippen LogP contribution in [0.3, 0.4) is 0 Å². The Bertz CT molecular complexity index is 379. The van der Waals surface area contributed by atoms with E-state index < -0.39 is 0 Å². The van der Waals surface area contributed by atoms with Crippen molar-refractivity contribution in [1.82, 2.24) is 0 Å². The molecule has 0 aromatic heterocycles. The Morgan fingerprint density at radius 2 is 1.35 bits per heavy atom. The molecule has 4 unspecified atom stereocenters. The van der Waals surface area contributed by atoms with Crippen molar-refractivity contribution >= 4 is 0 Å². The van der Waals surface area contributed by atoms with Crippen LogP contribution >= 0.6 is 0 Å². The van der Waals surface area contributed by atoms with Crippen molar-refractivity contribution < 1.29 is 9.47 Å².